The van der Waals surface area contributed by atoms with Crippen LogP contribution in [0.1, 0.15) is 24.8 Å². The fourth-order valence-corrected chi connectivity index (χ4v) is 2.18. The fraction of sp³-hybridized carbons (Fsp3) is 0.571. The highest BCUT2D eigenvalue weighted by atomic mass is 19.4. The van der Waals surface area contributed by atoms with Crippen LogP contribution in [0.2, 0.25) is 0 Å². The lowest BCUT2D eigenvalue weighted by Gasteiger charge is -2.19. The number of halogens is 3. The van der Waals surface area contributed by atoms with Gasteiger partial charge >= 0.3 is 6.18 Å². The Morgan fingerprint density at radius 3 is 2.53 bits per heavy atom. The van der Waals surface area contributed by atoms with Gasteiger partial charge in [0.15, 0.2) is 0 Å². The Kier molecular flexibility index (Phi) is 4.04. The average Bonchev–Trinajstić information content (AvgIpc) is 3.14. The molecule has 0 heterocycles. The molecule has 0 amide bonds. The summed E-state index contributed by atoms with van der Waals surface area (Å²) >= 11 is 0. The molecule has 1 fully saturated rings. The van der Waals surface area contributed by atoms with E-state index in [9.17, 15) is 13.2 Å². The van der Waals surface area contributed by atoms with Crippen molar-refractivity contribution in [3.63, 3.8) is 0 Å². The zero-order valence-electron chi connectivity index (χ0n) is 10.9. The molecule has 1 aliphatic rings. The van der Waals surface area contributed by atoms with Crippen molar-refractivity contribution in [2.24, 2.45) is 5.41 Å². The lowest BCUT2D eigenvalue weighted by atomic mass is 10.0. The van der Waals surface area contributed by atoms with E-state index < -0.39 is 11.7 Å². The molecule has 2 nitrogen and oxygen atoms in total. The van der Waals surface area contributed by atoms with Crippen molar-refractivity contribution < 1.29 is 17.9 Å². The van der Waals surface area contributed by atoms with Gasteiger partial charge in [0.05, 0.1) is 5.56 Å². The largest absolute Gasteiger partial charge is 0.418 e. The molecule has 5 heteroatoms. The molecule has 1 saturated carbocycles. The summed E-state index contributed by atoms with van der Waals surface area (Å²) in [5.74, 6) is 0. The maximum atomic E-state index is 12.8. The van der Waals surface area contributed by atoms with Gasteiger partial charge < -0.3 is 10.1 Å². The summed E-state index contributed by atoms with van der Waals surface area (Å²) in [6.45, 7) is 1.23. The second-order valence-electron chi connectivity index (χ2n) is 5.14. The number of rotatable bonds is 6. The van der Waals surface area contributed by atoms with Gasteiger partial charge in [-0.3, -0.25) is 0 Å². The zero-order valence-corrected chi connectivity index (χ0v) is 10.9. The lowest BCUT2D eigenvalue weighted by molar-refractivity contribution is -0.137. The van der Waals surface area contributed by atoms with Gasteiger partial charge in [-0.1, -0.05) is 12.1 Å². The van der Waals surface area contributed by atoms with Crippen molar-refractivity contribution in [3.05, 3.63) is 29.8 Å². The first-order chi connectivity index (χ1) is 8.97. The predicted octanol–water partition coefficient (Wildman–Crippen LogP) is 3.93. The van der Waals surface area contributed by atoms with E-state index in [0.29, 0.717) is 13.2 Å². The molecule has 0 aliphatic heterocycles. The molecule has 1 aromatic carbocycles. The molecule has 0 unspecified atom stereocenters. The summed E-state index contributed by atoms with van der Waals surface area (Å²) in [6.07, 6.45) is -1.31. The molecule has 1 aromatic rings. The minimum Gasteiger partial charge on any atom is -0.385 e. The van der Waals surface area contributed by atoms with E-state index in [1.54, 1.807) is 13.2 Å². The van der Waals surface area contributed by atoms with Crippen LogP contribution >= 0.6 is 0 Å². The molecule has 2 rings (SSSR count). The molecule has 0 bridgehead atoms. The van der Waals surface area contributed by atoms with Crippen LogP contribution < -0.4 is 5.32 Å². The topological polar surface area (TPSA) is 21.3 Å². The molecule has 1 aliphatic carbocycles. The maximum Gasteiger partial charge on any atom is 0.418 e. The Bertz CT molecular complexity index is 427. The van der Waals surface area contributed by atoms with Crippen LogP contribution in [0.3, 0.4) is 0 Å². The van der Waals surface area contributed by atoms with Crippen molar-refractivity contribution in [1.29, 1.82) is 0 Å². The average molecular weight is 273 g/mol. The fourth-order valence-electron chi connectivity index (χ4n) is 2.18. The third-order valence-corrected chi connectivity index (χ3v) is 3.68. The normalized spacial score (nSPS) is 17.3. The van der Waals surface area contributed by atoms with E-state index in [0.717, 1.165) is 25.3 Å². The molecule has 0 spiro atoms. The Labute approximate surface area is 111 Å². The zero-order chi connectivity index (χ0) is 13.9. The molecular weight excluding hydrogens is 255 g/mol. The number of para-hydroxylation sites is 1. The summed E-state index contributed by atoms with van der Waals surface area (Å²) in [4.78, 5) is 0. The Balaban J connectivity index is 2.00. The van der Waals surface area contributed by atoms with Crippen molar-refractivity contribution in [1.82, 2.24) is 0 Å². The van der Waals surface area contributed by atoms with Crippen LogP contribution in [0, 0.1) is 5.41 Å². The third kappa shape index (κ3) is 3.62. The first kappa shape index (κ1) is 14.2. The quantitative estimate of drug-likeness (QED) is 0.847. The molecule has 19 heavy (non-hydrogen) atoms. The molecule has 0 atom stereocenters. The highest BCUT2D eigenvalue weighted by molar-refractivity contribution is 5.52. The van der Waals surface area contributed by atoms with E-state index in [-0.39, 0.29) is 11.1 Å². The maximum absolute atomic E-state index is 12.8. The predicted molar refractivity (Wildman–Crippen MR) is 68.1 cm³/mol. The SMILES string of the molecule is COCCC1(CNc2ccccc2C(F)(F)F)CC1. The second-order valence-corrected chi connectivity index (χ2v) is 5.14. The van der Waals surface area contributed by atoms with Crippen molar-refractivity contribution in [3.8, 4) is 0 Å². The number of hydrogen-bond acceptors (Lipinski definition) is 2. The van der Waals surface area contributed by atoms with Gasteiger partial charge in [0, 0.05) is 25.9 Å². The van der Waals surface area contributed by atoms with Crippen LogP contribution in [0.4, 0.5) is 18.9 Å². The van der Waals surface area contributed by atoms with Crippen molar-refractivity contribution >= 4 is 5.69 Å². The molecule has 1 N–H and O–H groups in total. The van der Waals surface area contributed by atoms with E-state index in [4.69, 9.17) is 4.74 Å². The number of anilines is 1. The van der Waals surface area contributed by atoms with Crippen LogP contribution in [0.5, 0.6) is 0 Å². The van der Waals surface area contributed by atoms with E-state index in [2.05, 4.69) is 5.32 Å². The first-order valence-electron chi connectivity index (χ1n) is 6.36. The molecular formula is C14H18F3NO. The van der Waals surface area contributed by atoms with Gasteiger partial charge in [-0.2, -0.15) is 13.2 Å². The van der Waals surface area contributed by atoms with Crippen LogP contribution in [0.25, 0.3) is 0 Å². The smallest absolute Gasteiger partial charge is 0.385 e. The summed E-state index contributed by atoms with van der Waals surface area (Å²) < 4.78 is 43.5. The number of methoxy groups -OCH3 is 1. The number of alkyl halides is 3. The lowest BCUT2D eigenvalue weighted by Crippen LogP contribution is -2.19. The monoisotopic (exact) mass is 273 g/mol. The highest BCUT2D eigenvalue weighted by Crippen LogP contribution is 2.49. The second kappa shape index (κ2) is 5.41. The van der Waals surface area contributed by atoms with Crippen molar-refractivity contribution in [2.45, 2.75) is 25.4 Å². The van der Waals surface area contributed by atoms with Gasteiger partial charge in [0.25, 0.3) is 0 Å². The molecule has 0 saturated heterocycles. The van der Waals surface area contributed by atoms with Crippen LogP contribution in [0.15, 0.2) is 24.3 Å². The standard InChI is InChI=1S/C14H18F3NO/c1-19-9-8-13(6-7-13)10-18-12-5-3-2-4-11(12)14(15,16)17/h2-5,18H,6-10H2,1H3. The minimum atomic E-state index is -4.31. The molecule has 106 valence electrons. The number of hydrogen-bond donors (Lipinski definition) is 1. The van der Waals surface area contributed by atoms with Crippen LogP contribution in [-0.2, 0) is 10.9 Å². The number of nitrogens with one attached hydrogen (secondary N) is 1. The van der Waals surface area contributed by atoms with Gasteiger partial charge in [-0.15, -0.1) is 0 Å². The van der Waals surface area contributed by atoms with E-state index in [1.165, 1.54) is 12.1 Å². The first-order valence-corrected chi connectivity index (χ1v) is 6.36. The van der Waals surface area contributed by atoms with Crippen molar-refractivity contribution in [2.75, 3.05) is 25.6 Å². The Morgan fingerprint density at radius 1 is 1.26 bits per heavy atom. The summed E-state index contributed by atoms with van der Waals surface area (Å²) in [5, 5.41) is 2.96. The summed E-state index contributed by atoms with van der Waals surface area (Å²) in [6, 6.07) is 5.62. The Morgan fingerprint density at radius 2 is 1.95 bits per heavy atom. The number of ether oxygens (including phenoxy) is 1. The van der Waals surface area contributed by atoms with Crippen LogP contribution in [-0.4, -0.2) is 20.3 Å². The molecule has 0 aromatic heterocycles. The van der Waals surface area contributed by atoms with Gasteiger partial charge in [0.2, 0.25) is 0 Å². The van der Waals surface area contributed by atoms with E-state index in [1.807, 2.05) is 0 Å². The van der Waals surface area contributed by atoms with Gasteiger partial charge in [0.1, 0.15) is 0 Å². The van der Waals surface area contributed by atoms with Gasteiger partial charge in [-0.05, 0) is 36.8 Å². The summed E-state index contributed by atoms with van der Waals surface area (Å²) in [5.41, 5.74) is -0.314. The minimum absolute atomic E-state index is 0.120. The van der Waals surface area contributed by atoms with Gasteiger partial charge in [-0.25, -0.2) is 0 Å². The van der Waals surface area contributed by atoms with E-state index >= 15 is 0 Å². The highest BCUT2D eigenvalue weighted by Gasteiger charge is 2.42. The third-order valence-electron chi connectivity index (χ3n) is 3.68. The molecule has 0 radical (unpaired) electrons. The number of benzene rings is 1. The summed E-state index contributed by atoms with van der Waals surface area (Å²) in [7, 11) is 1.64. The Hall–Kier alpha value is -1.23.